The topological polar surface area (TPSA) is 0 Å². The molecule has 20 heavy (non-hydrogen) atoms. The Morgan fingerprint density at radius 2 is 1.60 bits per heavy atom. The minimum Gasteiger partial charge on any atom is -0.117 e. The van der Waals surface area contributed by atoms with E-state index in [1.165, 1.54) is 25.7 Å². The van der Waals surface area contributed by atoms with Crippen molar-refractivity contribution in [3.63, 3.8) is 0 Å². The van der Waals surface area contributed by atoms with Gasteiger partial charge in [0.25, 0.3) is 0 Å². The Hall–Kier alpha value is 0.900. The highest BCUT2D eigenvalue weighted by molar-refractivity contribution is 6.51. The van der Waals surface area contributed by atoms with Crippen LogP contribution in [-0.2, 0) is 0 Å². The summed E-state index contributed by atoms with van der Waals surface area (Å²) in [4.78, 5) is 0. The van der Waals surface area contributed by atoms with E-state index in [4.69, 9.17) is 46.4 Å². The normalized spacial score (nSPS) is 60.2. The molecule has 0 amide bonds. The summed E-state index contributed by atoms with van der Waals surface area (Å²) in [6.45, 7) is 0. The minimum atomic E-state index is -0.451. The SMILES string of the molecule is ClC1=CC2C3C4C(C4(Cl)Cl)C4(CC4)[C@H]3C([C@H]1Cl)C21CC1. The van der Waals surface area contributed by atoms with Gasteiger partial charge in [-0.25, -0.2) is 0 Å². The van der Waals surface area contributed by atoms with Gasteiger partial charge in [0.05, 0.1) is 5.38 Å². The van der Waals surface area contributed by atoms with Gasteiger partial charge >= 0.3 is 0 Å². The maximum Gasteiger partial charge on any atom is 0.125 e. The van der Waals surface area contributed by atoms with Crippen LogP contribution in [0.3, 0.4) is 0 Å². The summed E-state index contributed by atoms with van der Waals surface area (Å²) < 4.78 is -0.451. The fraction of sp³-hybridized carbons (Fsp3) is 0.875. The minimum absolute atomic E-state index is 0.0421. The molecule has 4 heteroatoms. The summed E-state index contributed by atoms with van der Waals surface area (Å²) in [6.07, 6.45) is 7.61. The summed E-state index contributed by atoms with van der Waals surface area (Å²) in [7, 11) is 0. The number of alkyl halides is 3. The van der Waals surface area contributed by atoms with Crippen molar-refractivity contribution in [2.45, 2.75) is 35.4 Å². The molecule has 5 fully saturated rings. The Kier molecular flexibility index (Phi) is 1.91. The zero-order valence-electron chi connectivity index (χ0n) is 11.0. The Labute approximate surface area is 139 Å². The quantitative estimate of drug-likeness (QED) is 0.527. The average Bonchev–Trinajstić information content (AvgIpc) is 3.23. The molecule has 0 N–H and O–H groups in total. The molecule has 108 valence electrons. The molecule has 2 spiro atoms. The van der Waals surface area contributed by atoms with E-state index in [0.717, 1.165) is 11.0 Å². The van der Waals surface area contributed by atoms with Gasteiger partial charge in [-0.05, 0) is 60.2 Å². The Balaban J connectivity index is 1.56. The van der Waals surface area contributed by atoms with Gasteiger partial charge in [-0.3, -0.25) is 0 Å². The lowest BCUT2D eigenvalue weighted by Gasteiger charge is -2.36. The first-order valence-electron chi connectivity index (χ1n) is 7.84. The third-order valence-corrected chi connectivity index (χ3v) is 9.88. The summed E-state index contributed by atoms with van der Waals surface area (Å²) in [5.74, 6) is 3.65. The van der Waals surface area contributed by atoms with Crippen molar-refractivity contribution >= 4 is 46.4 Å². The molecule has 0 radical (unpaired) electrons. The number of fused-ring (bicyclic) bond motifs is 7. The van der Waals surface area contributed by atoms with Crippen LogP contribution in [0.1, 0.15) is 25.7 Å². The van der Waals surface area contributed by atoms with Gasteiger partial charge in [0.2, 0.25) is 0 Å². The number of rotatable bonds is 0. The van der Waals surface area contributed by atoms with Gasteiger partial charge in [-0.1, -0.05) is 17.7 Å². The summed E-state index contributed by atoms with van der Waals surface area (Å²) >= 11 is 26.6. The number of halogens is 4. The van der Waals surface area contributed by atoms with Gasteiger partial charge < -0.3 is 0 Å². The van der Waals surface area contributed by atoms with E-state index >= 15 is 0 Å². The van der Waals surface area contributed by atoms with Crippen molar-refractivity contribution in [2.75, 3.05) is 0 Å². The van der Waals surface area contributed by atoms with Crippen LogP contribution in [0.15, 0.2) is 11.1 Å². The first kappa shape index (κ1) is 12.3. The maximum absolute atomic E-state index is 6.77. The molecule has 7 atom stereocenters. The second-order valence-corrected chi connectivity index (χ2v) is 10.6. The molecule has 6 aliphatic carbocycles. The first-order chi connectivity index (χ1) is 9.45. The van der Waals surface area contributed by atoms with Crippen LogP contribution in [0.2, 0.25) is 0 Å². The second-order valence-electron chi connectivity index (χ2n) is 8.25. The molecule has 0 heterocycles. The van der Waals surface area contributed by atoms with E-state index in [1.807, 2.05) is 0 Å². The zero-order chi connectivity index (χ0) is 13.7. The van der Waals surface area contributed by atoms with E-state index < -0.39 is 4.33 Å². The third-order valence-electron chi connectivity index (χ3n) is 7.92. The van der Waals surface area contributed by atoms with Crippen LogP contribution < -0.4 is 0 Å². The summed E-state index contributed by atoms with van der Waals surface area (Å²) in [5, 5.41) is 0.941. The van der Waals surface area contributed by atoms with Crippen molar-refractivity contribution in [2.24, 2.45) is 46.3 Å². The van der Waals surface area contributed by atoms with Crippen LogP contribution >= 0.6 is 46.4 Å². The third kappa shape index (κ3) is 1.02. The fourth-order valence-corrected chi connectivity index (χ4v) is 9.05. The first-order valence-corrected chi connectivity index (χ1v) is 9.41. The maximum atomic E-state index is 6.77. The molecular formula is C16H16Cl4. The highest BCUT2D eigenvalue weighted by atomic mass is 35.5. The van der Waals surface area contributed by atoms with Crippen molar-refractivity contribution < 1.29 is 0 Å². The van der Waals surface area contributed by atoms with Crippen LogP contribution in [0.4, 0.5) is 0 Å². The molecule has 0 aromatic carbocycles. The van der Waals surface area contributed by atoms with Crippen LogP contribution in [0, 0.1) is 46.3 Å². The number of hydrogen-bond donors (Lipinski definition) is 0. The van der Waals surface area contributed by atoms with Crippen molar-refractivity contribution in [1.29, 1.82) is 0 Å². The Bertz CT molecular complexity index is 571. The van der Waals surface area contributed by atoms with Gasteiger partial charge in [0.1, 0.15) is 4.33 Å². The van der Waals surface area contributed by atoms with Crippen molar-refractivity contribution in [1.82, 2.24) is 0 Å². The van der Waals surface area contributed by atoms with Gasteiger partial charge in [-0.15, -0.1) is 34.8 Å². The van der Waals surface area contributed by atoms with E-state index in [9.17, 15) is 0 Å². The zero-order valence-corrected chi connectivity index (χ0v) is 14.0. The lowest BCUT2D eigenvalue weighted by Crippen LogP contribution is -2.35. The predicted octanol–water partition coefficient (Wildman–Crippen LogP) is 5.20. The fourth-order valence-electron chi connectivity index (χ4n) is 7.18. The van der Waals surface area contributed by atoms with Crippen molar-refractivity contribution in [3.05, 3.63) is 11.1 Å². The molecule has 6 aliphatic rings. The van der Waals surface area contributed by atoms with E-state index in [-0.39, 0.29) is 5.38 Å². The smallest absolute Gasteiger partial charge is 0.117 e. The van der Waals surface area contributed by atoms with E-state index in [0.29, 0.717) is 40.4 Å². The van der Waals surface area contributed by atoms with Crippen LogP contribution in [0.25, 0.3) is 0 Å². The summed E-state index contributed by atoms with van der Waals surface area (Å²) in [6, 6.07) is 0. The standard InChI is InChI=1S/C16H16Cl4/c17-7-5-6-8-9(11(12(7)18)14(6)1-2-14)15(3-4-15)13-10(8)16(13,19)20/h5-6,8-13H,1-4H2/t6?,8?,9-,10?,11?,12+,13?/m1/s1. The highest BCUT2D eigenvalue weighted by Crippen LogP contribution is 2.92. The molecule has 0 saturated heterocycles. The van der Waals surface area contributed by atoms with Gasteiger partial charge in [0.15, 0.2) is 0 Å². The molecule has 5 unspecified atom stereocenters. The molecule has 0 aromatic heterocycles. The molecule has 0 aliphatic heterocycles. The average molecular weight is 350 g/mol. The molecule has 0 nitrogen and oxygen atoms in total. The van der Waals surface area contributed by atoms with Crippen LogP contribution in [0.5, 0.6) is 0 Å². The van der Waals surface area contributed by atoms with Crippen molar-refractivity contribution in [3.8, 4) is 0 Å². The molecule has 5 saturated carbocycles. The monoisotopic (exact) mass is 348 g/mol. The molecule has 2 bridgehead atoms. The van der Waals surface area contributed by atoms with E-state index in [2.05, 4.69) is 6.08 Å². The predicted molar refractivity (Wildman–Crippen MR) is 82.3 cm³/mol. The second kappa shape index (κ2) is 3.10. The molecule has 6 rings (SSSR count). The Morgan fingerprint density at radius 3 is 2.20 bits per heavy atom. The largest absolute Gasteiger partial charge is 0.125 e. The number of hydrogen-bond acceptors (Lipinski definition) is 0. The lowest BCUT2D eigenvalue weighted by molar-refractivity contribution is 0.182. The van der Waals surface area contributed by atoms with E-state index in [1.54, 1.807) is 0 Å². The van der Waals surface area contributed by atoms with Gasteiger partial charge in [-0.2, -0.15) is 0 Å². The van der Waals surface area contributed by atoms with Crippen LogP contribution in [-0.4, -0.2) is 9.71 Å². The number of allylic oxidation sites excluding steroid dienone is 2. The Morgan fingerprint density at radius 1 is 0.950 bits per heavy atom. The summed E-state index contributed by atoms with van der Waals surface area (Å²) in [5.41, 5.74) is 0.892. The van der Waals surface area contributed by atoms with Gasteiger partial charge in [0, 0.05) is 16.9 Å². The highest BCUT2D eigenvalue weighted by Gasteiger charge is 2.90. The molecule has 0 aromatic rings. The lowest BCUT2D eigenvalue weighted by atomic mass is 9.72. The molecular weight excluding hydrogens is 334 g/mol.